The number of ether oxygens (including phenoxy) is 2. The first kappa shape index (κ1) is 49.7. The van der Waals surface area contributed by atoms with Crippen LogP contribution in [0.25, 0.3) is 6.08 Å². The Morgan fingerprint density at radius 1 is 0.965 bits per heavy atom. The number of aromatic nitrogens is 1. The molecule has 10 nitrogen and oxygen atoms in total. The van der Waals surface area contributed by atoms with Gasteiger partial charge in [-0.1, -0.05) is 93.5 Å². The number of methoxy groups -OCH3 is 1. The van der Waals surface area contributed by atoms with Crippen molar-refractivity contribution in [3.63, 3.8) is 0 Å². The van der Waals surface area contributed by atoms with E-state index in [2.05, 4.69) is 93.4 Å². The third kappa shape index (κ3) is 13.8. The van der Waals surface area contributed by atoms with Crippen molar-refractivity contribution in [3.8, 4) is 0 Å². The molecule has 1 aromatic carbocycles. The molecule has 0 spiro atoms. The quantitative estimate of drug-likeness (QED) is 0.0302. The summed E-state index contributed by atoms with van der Waals surface area (Å²) in [6.07, 6.45) is 10.6. The van der Waals surface area contributed by atoms with Crippen LogP contribution in [-0.4, -0.2) is 64.5 Å². The number of non-ortho nitro benzene ring substituents is 1. The van der Waals surface area contributed by atoms with Crippen molar-refractivity contribution >= 4 is 34.4 Å². The number of oxazole rings is 1. The van der Waals surface area contributed by atoms with Crippen molar-refractivity contribution in [2.45, 2.75) is 156 Å². The van der Waals surface area contributed by atoms with Crippen molar-refractivity contribution in [3.05, 3.63) is 98.8 Å². The van der Waals surface area contributed by atoms with E-state index in [0.29, 0.717) is 35.5 Å². The normalized spacial score (nSPS) is 16.1. The molecular formula is C45H72N2O8Si2. The highest BCUT2D eigenvalue weighted by molar-refractivity contribution is 6.77. The number of nitro benzene ring substituents is 1. The fourth-order valence-corrected chi connectivity index (χ4v) is 13.9. The Morgan fingerprint density at radius 2 is 1.54 bits per heavy atom. The van der Waals surface area contributed by atoms with Crippen molar-refractivity contribution < 1.29 is 32.5 Å². The van der Waals surface area contributed by atoms with Crippen molar-refractivity contribution in [2.75, 3.05) is 13.7 Å². The third-order valence-electron chi connectivity index (χ3n) is 11.7. The molecule has 0 saturated carbocycles. The molecule has 0 aliphatic heterocycles. The zero-order valence-corrected chi connectivity index (χ0v) is 39.9. The maximum absolute atomic E-state index is 13.9. The molecule has 0 aliphatic carbocycles. The maximum Gasteiger partial charge on any atom is 0.338 e. The van der Waals surface area contributed by atoms with E-state index in [1.165, 1.54) is 24.3 Å². The first-order valence-corrected chi connectivity index (χ1v) is 25.3. The molecule has 2 rings (SSSR count). The summed E-state index contributed by atoms with van der Waals surface area (Å²) in [5.74, 6) is -0.270. The number of hydrogen-bond donors (Lipinski definition) is 0. The molecule has 0 aliphatic rings. The number of carbonyl (C=O) groups is 1. The van der Waals surface area contributed by atoms with Gasteiger partial charge in [-0.3, -0.25) is 10.1 Å². The summed E-state index contributed by atoms with van der Waals surface area (Å²) < 4.78 is 32.1. The molecule has 0 N–H and O–H groups in total. The van der Waals surface area contributed by atoms with Crippen LogP contribution >= 0.6 is 0 Å². The summed E-state index contributed by atoms with van der Waals surface area (Å²) in [7, 11) is -2.80. The summed E-state index contributed by atoms with van der Waals surface area (Å²) in [4.78, 5) is 29.2. The van der Waals surface area contributed by atoms with E-state index in [1.54, 1.807) is 13.4 Å². The molecule has 0 saturated heterocycles. The highest BCUT2D eigenvalue weighted by Crippen LogP contribution is 2.45. The second-order valence-electron chi connectivity index (χ2n) is 17.9. The topological polar surface area (TPSA) is 123 Å². The molecule has 0 unspecified atom stereocenters. The molecule has 0 bridgehead atoms. The van der Waals surface area contributed by atoms with Gasteiger partial charge in [0.15, 0.2) is 14.2 Å². The summed E-state index contributed by atoms with van der Waals surface area (Å²) in [6, 6.07) is 5.52. The molecule has 12 heteroatoms. The van der Waals surface area contributed by atoms with E-state index >= 15 is 0 Å². The Kier molecular flexibility index (Phi) is 18.8. The number of hydrogen-bond acceptors (Lipinski definition) is 9. The summed E-state index contributed by atoms with van der Waals surface area (Å²) in [6.45, 7) is 35.2. The van der Waals surface area contributed by atoms with Gasteiger partial charge in [-0.25, -0.2) is 9.78 Å². The van der Waals surface area contributed by atoms with Gasteiger partial charge in [0.25, 0.3) is 5.69 Å². The van der Waals surface area contributed by atoms with E-state index in [1.807, 2.05) is 52.0 Å². The Balaban J connectivity index is 2.67. The number of rotatable bonds is 21. The lowest BCUT2D eigenvalue weighted by molar-refractivity contribution is -0.384. The Morgan fingerprint density at radius 3 is 2.02 bits per heavy atom. The number of nitrogens with zero attached hydrogens (tertiary/aromatic N) is 2. The van der Waals surface area contributed by atoms with Gasteiger partial charge in [0.1, 0.15) is 18.1 Å². The monoisotopic (exact) mass is 824 g/mol. The molecular weight excluding hydrogens is 753 g/mol. The molecule has 0 amide bonds. The van der Waals surface area contributed by atoms with E-state index in [0.717, 1.165) is 22.4 Å². The number of carbonyl (C=O) groups excluding carboxylic acids is 1. The van der Waals surface area contributed by atoms with Crippen molar-refractivity contribution in [1.29, 1.82) is 0 Å². The SMILES string of the molecule is CO[C@@H](/C(C)=C/C=C/C(C)=C/c1coc(C)n1)[C@@H](C)[C@H](C[C@H](O[Si](C(C)C)(C(C)C)C(C)C)/C(C)=C/CO[Si](C)(C)C(C)(C)C)OC(=O)c1ccc([N+](=O)[O-])cc1. The van der Waals surface area contributed by atoms with Crippen molar-refractivity contribution in [1.82, 2.24) is 4.98 Å². The minimum absolute atomic E-state index is 0.0626. The zero-order chi connectivity index (χ0) is 43.5. The maximum atomic E-state index is 13.9. The smallest absolute Gasteiger partial charge is 0.338 e. The van der Waals surface area contributed by atoms with E-state index in [9.17, 15) is 14.9 Å². The Bertz CT molecular complexity index is 1710. The van der Waals surface area contributed by atoms with E-state index in [4.69, 9.17) is 22.7 Å². The molecule has 57 heavy (non-hydrogen) atoms. The summed E-state index contributed by atoms with van der Waals surface area (Å²) in [5, 5.41) is 11.4. The van der Waals surface area contributed by atoms with Crippen LogP contribution in [0.1, 0.15) is 118 Å². The fraction of sp³-hybridized carbons (Fsp3) is 0.600. The average Bonchev–Trinajstić information content (AvgIpc) is 3.52. The summed E-state index contributed by atoms with van der Waals surface area (Å²) >= 11 is 0. The number of aryl methyl sites for hydroxylation is 1. The molecule has 4 atom stereocenters. The van der Waals surface area contributed by atoms with Gasteiger partial charge < -0.3 is 22.7 Å². The van der Waals surface area contributed by atoms with Crippen LogP contribution in [0.3, 0.4) is 0 Å². The standard InChI is InChI=1S/C45H72N2O8Si2/c1-30(2)57(31(3)4,32(5)6)55-41(34(8)25-26-53-56(16,17)45(12,13)14)28-42(54-44(48)38-21-23-40(24-22-38)47(49)50)36(10)43(51-15)35(9)20-18-19-33(7)27-39-29-52-37(11)46-39/h18-25,27,29-32,36,41-43H,26,28H2,1-17H3/b19-18+,33-27+,34-25+,35-20+/t36-,41-,42-,43-/m0/s1. The molecule has 0 radical (unpaired) electrons. The van der Waals surface area contributed by atoms with Crippen LogP contribution in [0.2, 0.25) is 34.8 Å². The lowest BCUT2D eigenvalue weighted by Crippen LogP contribution is -2.51. The molecule has 2 aromatic rings. The predicted molar refractivity (Wildman–Crippen MR) is 237 cm³/mol. The molecule has 1 heterocycles. The predicted octanol–water partition coefficient (Wildman–Crippen LogP) is 12.6. The number of esters is 1. The van der Waals surface area contributed by atoms with Crippen LogP contribution in [0, 0.1) is 23.0 Å². The Labute approximate surface area is 345 Å². The summed E-state index contributed by atoms with van der Waals surface area (Å²) in [5.41, 5.74) is 4.83. The highest BCUT2D eigenvalue weighted by atomic mass is 28.4. The van der Waals surface area contributed by atoms with Gasteiger partial charge in [0, 0.05) is 38.5 Å². The van der Waals surface area contributed by atoms with Gasteiger partial charge in [-0.2, -0.15) is 0 Å². The lowest BCUT2D eigenvalue weighted by atomic mass is 9.88. The number of benzene rings is 1. The highest BCUT2D eigenvalue weighted by Gasteiger charge is 2.48. The largest absolute Gasteiger partial charge is 0.458 e. The van der Waals surface area contributed by atoms with Crippen LogP contribution in [0.15, 0.2) is 76.0 Å². The second kappa shape index (κ2) is 21.5. The molecule has 0 fully saturated rings. The Hall–Kier alpha value is -3.43. The van der Waals surface area contributed by atoms with Gasteiger partial charge in [-0.05, 0) is 90.5 Å². The molecule has 1 aromatic heterocycles. The van der Waals surface area contributed by atoms with E-state index < -0.39 is 39.7 Å². The van der Waals surface area contributed by atoms with Crippen molar-refractivity contribution in [2.24, 2.45) is 5.92 Å². The van der Waals surface area contributed by atoms with Crippen LogP contribution in [0.4, 0.5) is 5.69 Å². The third-order valence-corrected chi connectivity index (χ3v) is 22.3. The average molecular weight is 825 g/mol. The van der Waals surface area contributed by atoms with Crippen LogP contribution < -0.4 is 0 Å². The van der Waals surface area contributed by atoms with Gasteiger partial charge in [0.05, 0.1) is 29.3 Å². The number of allylic oxidation sites excluding steroid dienone is 4. The first-order valence-electron chi connectivity index (χ1n) is 20.3. The fourth-order valence-electron chi connectivity index (χ4n) is 7.40. The van der Waals surface area contributed by atoms with Crippen LogP contribution in [-0.2, 0) is 18.3 Å². The van der Waals surface area contributed by atoms with E-state index in [-0.39, 0.29) is 28.3 Å². The van der Waals surface area contributed by atoms with Gasteiger partial charge >= 0.3 is 5.97 Å². The minimum Gasteiger partial charge on any atom is -0.458 e. The second-order valence-corrected chi connectivity index (χ2v) is 28.1. The first-order chi connectivity index (χ1) is 26.4. The minimum atomic E-state index is -2.44. The molecule has 318 valence electrons. The van der Waals surface area contributed by atoms with Gasteiger partial charge in [-0.15, -0.1) is 0 Å². The lowest BCUT2D eigenvalue weighted by Gasteiger charge is -2.46. The number of nitro groups is 1. The zero-order valence-electron chi connectivity index (χ0n) is 37.9. The van der Waals surface area contributed by atoms with Crippen LogP contribution in [0.5, 0.6) is 0 Å². The van der Waals surface area contributed by atoms with Gasteiger partial charge in [0.2, 0.25) is 8.32 Å².